The molecule has 0 fully saturated rings. The molecule has 0 N–H and O–H groups in total. The van der Waals surface area contributed by atoms with Crippen molar-refractivity contribution in [3.8, 4) is 0 Å². The lowest BCUT2D eigenvalue weighted by Gasteiger charge is -1.96. The maximum absolute atomic E-state index is 12.6. The Kier molecular flexibility index (Phi) is 2.84. The van der Waals surface area contributed by atoms with Crippen LogP contribution in [0.4, 0.5) is 4.39 Å². The smallest absolute Gasteiger partial charge is 0.123 e. The molecule has 0 heterocycles. The molecule has 0 saturated carbocycles. The van der Waals surface area contributed by atoms with Crippen molar-refractivity contribution < 1.29 is 4.39 Å². The lowest BCUT2D eigenvalue weighted by atomic mass is 10.1. The number of allylic oxidation sites excluding steroid dienone is 1. The van der Waals surface area contributed by atoms with E-state index in [1.807, 2.05) is 6.07 Å². The SMILES string of the molecule is C=[C]CCc1cccc(F)c1. The molecule has 0 aliphatic carbocycles. The summed E-state index contributed by atoms with van der Waals surface area (Å²) in [5.74, 6) is -0.174. The topological polar surface area (TPSA) is 0 Å². The molecule has 0 atom stereocenters. The quantitative estimate of drug-likeness (QED) is 0.619. The Morgan fingerprint density at radius 3 is 2.91 bits per heavy atom. The summed E-state index contributed by atoms with van der Waals surface area (Å²) in [4.78, 5) is 0. The largest absolute Gasteiger partial charge is 0.207 e. The second-order valence-corrected chi connectivity index (χ2v) is 2.38. The fraction of sp³-hybridized carbons (Fsp3) is 0.200. The van der Waals surface area contributed by atoms with Crippen molar-refractivity contribution in [2.45, 2.75) is 12.8 Å². The van der Waals surface area contributed by atoms with Gasteiger partial charge in [0.15, 0.2) is 0 Å². The molecule has 0 nitrogen and oxygen atoms in total. The summed E-state index contributed by atoms with van der Waals surface area (Å²) in [6.45, 7) is 3.48. The fourth-order valence-electron chi connectivity index (χ4n) is 0.925. The van der Waals surface area contributed by atoms with Crippen molar-refractivity contribution in [3.63, 3.8) is 0 Å². The minimum atomic E-state index is -0.174. The van der Waals surface area contributed by atoms with Crippen LogP contribution in [0.15, 0.2) is 30.8 Å². The van der Waals surface area contributed by atoms with Crippen LogP contribution < -0.4 is 0 Å². The molecule has 1 aromatic rings. The van der Waals surface area contributed by atoms with E-state index in [4.69, 9.17) is 0 Å². The van der Waals surface area contributed by atoms with Crippen molar-refractivity contribution in [1.82, 2.24) is 0 Å². The van der Waals surface area contributed by atoms with Gasteiger partial charge in [-0.1, -0.05) is 24.8 Å². The van der Waals surface area contributed by atoms with Crippen LogP contribution in [0.1, 0.15) is 12.0 Å². The average molecular weight is 149 g/mol. The minimum absolute atomic E-state index is 0.174. The van der Waals surface area contributed by atoms with E-state index >= 15 is 0 Å². The van der Waals surface area contributed by atoms with Crippen LogP contribution in [0.3, 0.4) is 0 Å². The molecule has 57 valence electrons. The van der Waals surface area contributed by atoms with Crippen LogP contribution in [-0.4, -0.2) is 0 Å². The Hall–Kier alpha value is -1.11. The molecule has 0 aromatic heterocycles. The van der Waals surface area contributed by atoms with Gasteiger partial charge in [-0.3, -0.25) is 0 Å². The Bertz CT molecular complexity index is 240. The number of hydrogen-bond acceptors (Lipinski definition) is 0. The van der Waals surface area contributed by atoms with Gasteiger partial charge in [0.1, 0.15) is 5.82 Å². The summed E-state index contributed by atoms with van der Waals surface area (Å²) >= 11 is 0. The van der Waals surface area contributed by atoms with Gasteiger partial charge in [-0.05, 0) is 30.5 Å². The Morgan fingerprint density at radius 2 is 2.27 bits per heavy atom. The van der Waals surface area contributed by atoms with Gasteiger partial charge in [0.2, 0.25) is 0 Å². The molecule has 1 heteroatoms. The van der Waals surface area contributed by atoms with Crippen LogP contribution in [-0.2, 0) is 6.42 Å². The first-order valence-corrected chi connectivity index (χ1v) is 3.57. The van der Waals surface area contributed by atoms with Gasteiger partial charge in [-0.25, -0.2) is 4.39 Å². The van der Waals surface area contributed by atoms with Gasteiger partial charge in [0.05, 0.1) is 0 Å². The van der Waals surface area contributed by atoms with E-state index in [-0.39, 0.29) is 5.82 Å². The van der Waals surface area contributed by atoms with E-state index in [1.165, 1.54) is 12.1 Å². The van der Waals surface area contributed by atoms with Crippen molar-refractivity contribution in [2.75, 3.05) is 0 Å². The summed E-state index contributed by atoms with van der Waals surface area (Å²) in [5, 5.41) is 0. The summed E-state index contributed by atoms with van der Waals surface area (Å²) < 4.78 is 12.6. The Labute approximate surface area is 66.4 Å². The fourth-order valence-corrected chi connectivity index (χ4v) is 0.925. The zero-order chi connectivity index (χ0) is 8.10. The van der Waals surface area contributed by atoms with Gasteiger partial charge in [-0.2, -0.15) is 0 Å². The zero-order valence-electron chi connectivity index (χ0n) is 6.31. The second-order valence-electron chi connectivity index (χ2n) is 2.38. The molecule has 0 saturated heterocycles. The highest BCUT2D eigenvalue weighted by atomic mass is 19.1. The van der Waals surface area contributed by atoms with Crippen molar-refractivity contribution >= 4 is 0 Å². The minimum Gasteiger partial charge on any atom is -0.207 e. The van der Waals surface area contributed by atoms with Gasteiger partial charge >= 0.3 is 0 Å². The van der Waals surface area contributed by atoms with E-state index in [0.717, 1.165) is 18.4 Å². The highest BCUT2D eigenvalue weighted by Gasteiger charge is 1.92. The van der Waals surface area contributed by atoms with Crippen molar-refractivity contribution in [3.05, 3.63) is 48.3 Å². The number of benzene rings is 1. The van der Waals surface area contributed by atoms with Gasteiger partial charge in [-0.15, -0.1) is 0 Å². The van der Waals surface area contributed by atoms with E-state index < -0.39 is 0 Å². The molecule has 0 amide bonds. The first-order valence-electron chi connectivity index (χ1n) is 3.57. The first-order chi connectivity index (χ1) is 5.33. The van der Waals surface area contributed by atoms with Gasteiger partial charge in [0, 0.05) is 0 Å². The Morgan fingerprint density at radius 1 is 1.45 bits per heavy atom. The molecule has 1 aromatic carbocycles. The number of hydrogen-bond donors (Lipinski definition) is 0. The molecule has 1 radical (unpaired) electrons. The number of halogens is 1. The van der Waals surface area contributed by atoms with Crippen LogP contribution in [0.25, 0.3) is 0 Å². The van der Waals surface area contributed by atoms with E-state index in [1.54, 1.807) is 6.07 Å². The maximum atomic E-state index is 12.6. The standard InChI is InChI=1S/C10H10F/c1-2-3-5-9-6-4-7-10(11)8-9/h4,6-8H,1,3,5H2. The summed E-state index contributed by atoms with van der Waals surface area (Å²) in [7, 11) is 0. The second kappa shape index (κ2) is 3.91. The van der Waals surface area contributed by atoms with Crippen molar-refractivity contribution in [2.24, 2.45) is 0 Å². The molecule has 11 heavy (non-hydrogen) atoms. The predicted molar refractivity (Wildman–Crippen MR) is 43.6 cm³/mol. The Balaban J connectivity index is 2.63. The van der Waals surface area contributed by atoms with Crippen molar-refractivity contribution in [1.29, 1.82) is 0 Å². The zero-order valence-corrected chi connectivity index (χ0v) is 6.31. The number of aryl methyl sites for hydroxylation is 1. The lowest BCUT2D eigenvalue weighted by molar-refractivity contribution is 0.625. The monoisotopic (exact) mass is 149 g/mol. The first kappa shape index (κ1) is 7.99. The van der Waals surface area contributed by atoms with Crippen LogP contribution in [0.2, 0.25) is 0 Å². The van der Waals surface area contributed by atoms with Crippen LogP contribution in [0, 0.1) is 11.9 Å². The van der Waals surface area contributed by atoms with Gasteiger partial charge < -0.3 is 0 Å². The third-order valence-electron chi connectivity index (χ3n) is 1.48. The molecule has 0 bridgehead atoms. The maximum Gasteiger partial charge on any atom is 0.123 e. The number of rotatable bonds is 3. The highest BCUT2D eigenvalue weighted by molar-refractivity contribution is 5.16. The molecular weight excluding hydrogens is 139 g/mol. The summed E-state index contributed by atoms with van der Waals surface area (Å²) in [6.07, 6.45) is 4.37. The molecule has 0 unspecified atom stereocenters. The third-order valence-corrected chi connectivity index (χ3v) is 1.48. The van der Waals surface area contributed by atoms with Crippen LogP contribution in [0.5, 0.6) is 0 Å². The van der Waals surface area contributed by atoms with E-state index in [9.17, 15) is 4.39 Å². The molecule has 0 aliphatic heterocycles. The summed E-state index contributed by atoms with van der Waals surface area (Å²) in [6, 6.07) is 6.60. The normalized spacial score (nSPS) is 9.55. The molecule has 0 aliphatic rings. The summed E-state index contributed by atoms with van der Waals surface area (Å²) in [5.41, 5.74) is 1.00. The van der Waals surface area contributed by atoms with Crippen LogP contribution >= 0.6 is 0 Å². The van der Waals surface area contributed by atoms with E-state index in [2.05, 4.69) is 12.7 Å². The average Bonchev–Trinajstić information content (AvgIpc) is 2.01. The highest BCUT2D eigenvalue weighted by Crippen LogP contribution is 2.05. The molecule has 0 spiro atoms. The predicted octanol–water partition coefficient (Wildman–Crippen LogP) is 2.75. The van der Waals surface area contributed by atoms with Gasteiger partial charge in [0.25, 0.3) is 0 Å². The van der Waals surface area contributed by atoms with E-state index in [0.29, 0.717) is 0 Å². The molecular formula is C10H10F. The third kappa shape index (κ3) is 2.54. The molecule has 1 rings (SSSR count). The lowest BCUT2D eigenvalue weighted by Crippen LogP contribution is -1.83.